The van der Waals surface area contributed by atoms with Crippen LogP contribution >= 0.6 is 11.3 Å². The van der Waals surface area contributed by atoms with Gasteiger partial charge in [0.15, 0.2) is 5.96 Å². The molecule has 2 N–H and O–H groups in total. The molecule has 0 saturated carbocycles. The number of thiophene rings is 1. The number of nitrogens with one attached hydrogen (secondary N) is 2. The average Bonchev–Trinajstić information content (AvgIpc) is 3.11. The van der Waals surface area contributed by atoms with Gasteiger partial charge in [0.2, 0.25) is 0 Å². The maximum Gasteiger partial charge on any atom is 0.191 e. The van der Waals surface area contributed by atoms with Gasteiger partial charge in [0.25, 0.3) is 0 Å². The second-order valence-electron chi connectivity index (χ2n) is 5.15. The number of guanidine groups is 1. The maximum atomic E-state index is 4.26. The molecule has 6 heteroatoms. The summed E-state index contributed by atoms with van der Waals surface area (Å²) in [6, 6.07) is 6.24. The minimum atomic E-state index is 0.479. The first-order chi connectivity index (χ1) is 10.2. The topological polar surface area (TPSA) is 54.2 Å². The smallest absolute Gasteiger partial charge is 0.191 e. The lowest BCUT2D eigenvalue weighted by Gasteiger charge is -2.15. The summed E-state index contributed by atoms with van der Waals surface area (Å²) in [6.07, 6.45) is 3.80. The Hall–Kier alpha value is -1.82. The highest BCUT2D eigenvalue weighted by Crippen LogP contribution is 2.14. The lowest BCUT2D eigenvalue weighted by Crippen LogP contribution is -2.39. The molecule has 1 atom stereocenters. The first-order valence-corrected chi connectivity index (χ1v) is 7.96. The van der Waals surface area contributed by atoms with Gasteiger partial charge in [-0.05, 0) is 31.0 Å². The molecule has 21 heavy (non-hydrogen) atoms. The van der Waals surface area contributed by atoms with E-state index in [1.807, 2.05) is 34.5 Å². The van der Waals surface area contributed by atoms with Crippen LogP contribution in [0, 0.1) is 12.8 Å². The summed E-state index contributed by atoms with van der Waals surface area (Å²) in [6.45, 7) is 6.90. The van der Waals surface area contributed by atoms with Gasteiger partial charge in [-0.15, -0.1) is 11.3 Å². The van der Waals surface area contributed by atoms with Crippen LogP contribution in [0.2, 0.25) is 0 Å². The van der Waals surface area contributed by atoms with E-state index in [1.54, 1.807) is 7.05 Å². The molecule has 0 saturated heterocycles. The Morgan fingerprint density at radius 1 is 1.43 bits per heavy atom. The predicted molar refractivity (Wildman–Crippen MR) is 88.6 cm³/mol. The Labute approximate surface area is 130 Å². The zero-order valence-electron chi connectivity index (χ0n) is 12.8. The quantitative estimate of drug-likeness (QED) is 0.636. The second-order valence-corrected chi connectivity index (χ2v) is 6.52. The van der Waals surface area contributed by atoms with Crippen LogP contribution in [0.25, 0.3) is 0 Å². The van der Waals surface area contributed by atoms with E-state index >= 15 is 0 Å². The van der Waals surface area contributed by atoms with Crippen LogP contribution in [0.4, 0.5) is 0 Å². The summed E-state index contributed by atoms with van der Waals surface area (Å²) < 4.78 is 1.96. The zero-order chi connectivity index (χ0) is 15.1. The molecule has 0 aliphatic carbocycles. The molecule has 5 nitrogen and oxygen atoms in total. The van der Waals surface area contributed by atoms with Crippen LogP contribution in [0.1, 0.15) is 16.7 Å². The van der Waals surface area contributed by atoms with Crippen molar-refractivity contribution in [2.45, 2.75) is 26.9 Å². The summed E-state index contributed by atoms with van der Waals surface area (Å²) in [5.41, 5.74) is 0. The number of nitrogens with zero attached hydrogens (tertiary/aromatic N) is 3. The van der Waals surface area contributed by atoms with Gasteiger partial charge in [-0.25, -0.2) is 0 Å². The fourth-order valence-corrected chi connectivity index (χ4v) is 2.86. The maximum absolute atomic E-state index is 4.26. The molecule has 0 aliphatic heterocycles. The molecule has 0 bridgehead atoms. The van der Waals surface area contributed by atoms with Gasteiger partial charge in [0.05, 0.1) is 6.54 Å². The summed E-state index contributed by atoms with van der Waals surface area (Å²) >= 11 is 1.81. The number of rotatable bonds is 6. The Morgan fingerprint density at radius 3 is 2.90 bits per heavy atom. The van der Waals surface area contributed by atoms with E-state index in [1.165, 1.54) is 9.75 Å². The molecule has 0 aromatic carbocycles. The summed E-state index contributed by atoms with van der Waals surface area (Å²) in [5, 5.41) is 10.9. The third kappa shape index (κ3) is 5.23. The van der Waals surface area contributed by atoms with Crippen molar-refractivity contribution in [1.82, 2.24) is 20.4 Å². The lowest BCUT2D eigenvalue weighted by molar-refractivity contribution is 0.443. The fraction of sp³-hybridized carbons (Fsp3) is 0.467. The molecular formula is C15H23N5S. The Balaban J connectivity index is 1.72. The van der Waals surface area contributed by atoms with E-state index in [4.69, 9.17) is 0 Å². The predicted octanol–water partition coefficient (Wildman–Crippen LogP) is 2.25. The molecule has 2 heterocycles. The van der Waals surface area contributed by atoms with E-state index in [-0.39, 0.29) is 0 Å². The largest absolute Gasteiger partial charge is 0.356 e. The average molecular weight is 305 g/mol. The molecule has 114 valence electrons. The van der Waals surface area contributed by atoms with Crippen LogP contribution in [0.5, 0.6) is 0 Å². The highest BCUT2D eigenvalue weighted by molar-refractivity contribution is 7.11. The lowest BCUT2D eigenvalue weighted by atomic mass is 10.2. The van der Waals surface area contributed by atoms with Crippen LogP contribution in [0.3, 0.4) is 0 Å². The SMILES string of the molecule is CN=C(NCc1ccc(C)s1)NCC(C)Cn1cccn1. The molecule has 0 spiro atoms. The van der Waals surface area contributed by atoms with Crippen LogP contribution in [0.15, 0.2) is 35.6 Å². The third-order valence-corrected chi connectivity index (χ3v) is 4.13. The number of aromatic nitrogens is 2. The monoisotopic (exact) mass is 305 g/mol. The van der Waals surface area contributed by atoms with Crippen molar-refractivity contribution in [3.05, 3.63) is 40.3 Å². The van der Waals surface area contributed by atoms with Gasteiger partial charge >= 0.3 is 0 Å². The van der Waals surface area contributed by atoms with Crippen molar-refractivity contribution in [1.29, 1.82) is 0 Å². The van der Waals surface area contributed by atoms with Crippen molar-refractivity contribution in [2.24, 2.45) is 10.9 Å². The highest BCUT2D eigenvalue weighted by atomic mass is 32.1. The molecule has 2 aromatic rings. The van der Waals surface area contributed by atoms with Crippen molar-refractivity contribution in [3.8, 4) is 0 Å². The molecule has 0 radical (unpaired) electrons. The molecule has 0 fully saturated rings. The van der Waals surface area contributed by atoms with E-state index in [0.29, 0.717) is 5.92 Å². The van der Waals surface area contributed by atoms with Crippen molar-refractivity contribution in [2.75, 3.05) is 13.6 Å². The first-order valence-electron chi connectivity index (χ1n) is 7.14. The van der Waals surface area contributed by atoms with Crippen molar-refractivity contribution >= 4 is 17.3 Å². The van der Waals surface area contributed by atoms with Crippen molar-refractivity contribution < 1.29 is 0 Å². The molecule has 2 aromatic heterocycles. The number of aryl methyl sites for hydroxylation is 1. The standard InChI is InChI=1S/C15H23N5S/c1-12(11-20-8-4-7-19-20)9-17-15(16-3)18-10-14-6-5-13(2)21-14/h4-8,12H,9-11H2,1-3H3,(H2,16,17,18). The van der Waals surface area contributed by atoms with Gasteiger partial charge in [0, 0.05) is 42.3 Å². The second kappa shape index (κ2) is 7.83. The normalized spacial score (nSPS) is 13.2. The number of hydrogen-bond acceptors (Lipinski definition) is 3. The third-order valence-electron chi connectivity index (χ3n) is 3.13. The van der Waals surface area contributed by atoms with Gasteiger partial charge in [0.1, 0.15) is 0 Å². The fourth-order valence-electron chi connectivity index (χ4n) is 2.03. The number of hydrogen-bond donors (Lipinski definition) is 2. The Bertz CT molecular complexity index is 558. The minimum Gasteiger partial charge on any atom is -0.356 e. The van der Waals surface area contributed by atoms with Crippen LogP contribution in [-0.4, -0.2) is 29.3 Å². The van der Waals surface area contributed by atoms with Gasteiger partial charge in [-0.1, -0.05) is 6.92 Å². The van der Waals surface area contributed by atoms with Gasteiger partial charge in [-0.3, -0.25) is 9.67 Å². The summed E-state index contributed by atoms with van der Waals surface area (Å²) in [4.78, 5) is 6.91. The molecule has 0 aliphatic rings. The summed E-state index contributed by atoms with van der Waals surface area (Å²) in [5.74, 6) is 1.32. The first kappa shape index (κ1) is 15.6. The molecule has 0 amide bonds. The highest BCUT2D eigenvalue weighted by Gasteiger charge is 2.05. The summed E-state index contributed by atoms with van der Waals surface area (Å²) in [7, 11) is 1.80. The Kier molecular flexibility index (Phi) is 5.80. The minimum absolute atomic E-state index is 0.479. The van der Waals surface area contributed by atoms with Gasteiger partial charge in [-0.2, -0.15) is 5.10 Å². The van der Waals surface area contributed by atoms with E-state index in [2.05, 4.69) is 46.7 Å². The molecule has 2 rings (SSSR count). The molecule has 1 unspecified atom stereocenters. The van der Waals surface area contributed by atoms with Gasteiger partial charge < -0.3 is 10.6 Å². The van der Waals surface area contributed by atoms with Crippen LogP contribution < -0.4 is 10.6 Å². The molecular weight excluding hydrogens is 282 g/mol. The van der Waals surface area contributed by atoms with Crippen LogP contribution in [-0.2, 0) is 13.1 Å². The zero-order valence-corrected chi connectivity index (χ0v) is 13.7. The Morgan fingerprint density at radius 2 is 2.29 bits per heavy atom. The van der Waals surface area contributed by atoms with Crippen molar-refractivity contribution in [3.63, 3.8) is 0 Å². The van der Waals surface area contributed by atoms with E-state index in [0.717, 1.165) is 25.6 Å². The number of aliphatic imine (C=N–C) groups is 1. The van der Waals surface area contributed by atoms with E-state index < -0.39 is 0 Å². The van der Waals surface area contributed by atoms with E-state index in [9.17, 15) is 0 Å².